The van der Waals surface area contributed by atoms with Crippen molar-refractivity contribution in [2.24, 2.45) is 35.5 Å². The number of aldehydes is 1. The van der Waals surface area contributed by atoms with E-state index >= 15 is 0 Å². The molecule has 4 aliphatic carbocycles. The van der Waals surface area contributed by atoms with Gasteiger partial charge >= 0.3 is 6.18 Å². The van der Waals surface area contributed by atoms with Gasteiger partial charge in [-0.1, -0.05) is 0 Å². The number of amides is 1. The molecule has 4 saturated carbocycles. The minimum Gasteiger partial charge on any atom is -0.347 e. The number of hydrogen-bond donors (Lipinski definition) is 2. The van der Waals surface area contributed by atoms with E-state index in [-0.39, 0.29) is 75.1 Å². The molecule has 0 bridgehead atoms. The number of aromatic nitrogens is 3. The first-order valence-corrected chi connectivity index (χ1v) is 14.9. The van der Waals surface area contributed by atoms with Crippen LogP contribution in [-0.4, -0.2) is 51.1 Å². The predicted molar refractivity (Wildman–Crippen MR) is 139 cm³/mol. The second-order valence-corrected chi connectivity index (χ2v) is 12.9. The molecular formula is C29H34F7N5O2. The third-order valence-corrected chi connectivity index (χ3v) is 9.65. The maximum Gasteiger partial charge on any atom is 0.392 e. The number of halogens is 7. The van der Waals surface area contributed by atoms with Crippen LogP contribution in [0.2, 0.25) is 0 Å². The highest BCUT2D eigenvalue weighted by atomic mass is 19.4. The zero-order chi connectivity index (χ0) is 30.7. The summed E-state index contributed by atoms with van der Waals surface area (Å²) in [5.74, 6) is -10.1. The molecule has 2 aromatic rings. The van der Waals surface area contributed by atoms with E-state index in [0.717, 1.165) is 19.1 Å². The van der Waals surface area contributed by atoms with E-state index in [1.54, 1.807) is 22.9 Å². The fourth-order valence-corrected chi connectivity index (χ4v) is 6.70. The van der Waals surface area contributed by atoms with Crippen molar-refractivity contribution in [3.05, 3.63) is 29.8 Å². The summed E-state index contributed by atoms with van der Waals surface area (Å²) in [4.78, 5) is 33.7. The Balaban J connectivity index is 1.20. The highest BCUT2D eigenvalue weighted by Gasteiger charge is 2.59. The lowest BCUT2D eigenvalue weighted by molar-refractivity contribution is -0.155. The Morgan fingerprint density at radius 1 is 0.977 bits per heavy atom. The van der Waals surface area contributed by atoms with Crippen LogP contribution >= 0.6 is 0 Å². The second kappa shape index (κ2) is 11.0. The standard InChI is InChI=1S/C29H34F7N5O2/c30-27(31)6-3-16(4-7-27)24(40-25(43)19-9-20(19)29(34,35)36)22-13-41-8-5-21(38-26(41)39-22)23(15-1-2-15)37-12-18(14-42)17-10-28(32,33)11-17/h5,8,13-20,23-24,37H,1-4,6-7,9-12H2,(H,40,43)/t18?,19?,20?,23-,24+/m1/s1. The average Bonchev–Trinajstić information content (AvgIpc) is 3.84. The number of carbonyl (C=O) groups excluding carboxylic acids is 2. The highest BCUT2D eigenvalue weighted by Crippen LogP contribution is 2.51. The largest absolute Gasteiger partial charge is 0.392 e. The number of nitrogens with one attached hydrogen (secondary N) is 2. The first-order chi connectivity index (χ1) is 20.2. The number of imidazole rings is 1. The Hall–Kier alpha value is -2.77. The number of carbonyl (C=O) groups is 2. The van der Waals surface area contributed by atoms with E-state index in [9.17, 15) is 40.3 Å². The van der Waals surface area contributed by atoms with Gasteiger partial charge in [-0.3, -0.25) is 9.20 Å². The molecule has 43 heavy (non-hydrogen) atoms. The van der Waals surface area contributed by atoms with E-state index in [4.69, 9.17) is 0 Å². The summed E-state index contributed by atoms with van der Waals surface area (Å²) in [5, 5.41) is 6.05. The number of fused-ring (bicyclic) bond motifs is 1. The van der Waals surface area contributed by atoms with Gasteiger partial charge in [0.15, 0.2) is 0 Å². The van der Waals surface area contributed by atoms with E-state index in [1.165, 1.54) is 0 Å². The van der Waals surface area contributed by atoms with Gasteiger partial charge in [0.25, 0.3) is 0 Å². The van der Waals surface area contributed by atoms with Gasteiger partial charge in [-0.25, -0.2) is 27.5 Å². The molecule has 1 amide bonds. The summed E-state index contributed by atoms with van der Waals surface area (Å²) in [6.07, 6.45) is -0.0975. The molecule has 0 aromatic carbocycles. The van der Waals surface area contributed by atoms with Crippen LogP contribution in [0.15, 0.2) is 18.5 Å². The summed E-state index contributed by atoms with van der Waals surface area (Å²) >= 11 is 0. The Kier molecular flexibility index (Phi) is 7.73. The molecular weight excluding hydrogens is 583 g/mol. The smallest absolute Gasteiger partial charge is 0.347 e. The molecule has 0 aliphatic heterocycles. The highest BCUT2D eigenvalue weighted by molar-refractivity contribution is 5.82. The second-order valence-electron chi connectivity index (χ2n) is 12.9. The van der Waals surface area contributed by atoms with Crippen molar-refractivity contribution < 1.29 is 40.3 Å². The van der Waals surface area contributed by atoms with Gasteiger partial charge in [-0.05, 0) is 55.9 Å². The fraction of sp³-hybridized carbons (Fsp3) is 0.724. The molecule has 3 unspecified atom stereocenters. The van der Waals surface area contributed by atoms with Gasteiger partial charge in [-0.15, -0.1) is 0 Å². The maximum atomic E-state index is 13.9. The molecule has 0 radical (unpaired) electrons. The van der Waals surface area contributed by atoms with Crippen LogP contribution in [0.1, 0.15) is 81.3 Å². The minimum absolute atomic E-state index is 0.0797. The van der Waals surface area contributed by atoms with Gasteiger partial charge in [0.05, 0.1) is 35.3 Å². The molecule has 7 nitrogen and oxygen atoms in total. The third kappa shape index (κ3) is 6.68. The first-order valence-electron chi connectivity index (χ1n) is 14.9. The Morgan fingerprint density at radius 2 is 1.63 bits per heavy atom. The topological polar surface area (TPSA) is 88.4 Å². The average molecular weight is 618 g/mol. The summed E-state index contributed by atoms with van der Waals surface area (Å²) < 4.78 is 95.6. The first kappa shape index (κ1) is 30.3. The third-order valence-electron chi connectivity index (χ3n) is 9.65. The van der Waals surface area contributed by atoms with Crippen molar-refractivity contribution in [1.82, 2.24) is 25.0 Å². The lowest BCUT2D eigenvalue weighted by Gasteiger charge is -2.38. The Labute approximate surface area is 243 Å². The van der Waals surface area contributed by atoms with Crippen molar-refractivity contribution in [1.29, 1.82) is 0 Å². The number of hydrogen-bond acceptors (Lipinski definition) is 5. The van der Waals surface area contributed by atoms with Gasteiger partial charge in [-0.2, -0.15) is 13.2 Å². The lowest BCUT2D eigenvalue weighted by atomic mass is 9.73. The summed E-state index contributed by atoms with van der Waals surface area (Å²) in [6, 6.07) is 0.683. The molecule has 2 heterocycles. The number of alkyl halides is 7. The lowest BCUT2D eigenvalue weighted by Crippen LogP contribution is -2.44. The number of nitrogens with zero attached hydrogens (tertiary/aromatic N) is 3. The molecule has 0 spiro atoms. The van der Waals surface area contributed by atoms with Crippen LogP contribution in [-0.2, 0) is 9.59 Å². The minimum atomic E-state index is -4.48. The quantitative estimate of drug-likeness (QED) is 0.246. The molecule has 2 N–H and O–H groups in total. The summed E-state index contributed by atoms with van der Waals surface area (Å²) in [6.45, 7) is 0.235. The monoisotopic (exact) mass is 617 g/mol. The van der Waals surface area contributed by atoms with E-state index in [0.29, 0.717) is 11.4 Å². The zero-order valence-corrected chi connectivity index (χ0v) is 23.3. The fourth-order valence-electron chi connectivity index (χ4n) is 6.70. The van der Waals surface area contributed by atoms with Crippen LogP contribution in [0.4, 0.5) is 30.7 Å². The van der Waals surface area contributed by atoms with E-state index in [2.05, 4.69) is 20.6 Å². The van der Waals surface area contributed by atoms with Crippen LogP contribution in [0.25, 0.3) is 5.78 Å². The van der Waals surface area contributed by atoms with Gasteiger partial charge in [0.1, 0.15) is 6.29 Å². The van der Waals surface area contributed by atoms with Crippen molar-refractivity contribution >= 4 is 18.0 Å². The van der Waals surface area contributed by atoms with Crippen molar-refractivity contribution in [3.8, 4) is 0 Å². The van der Waals surface area contributed by atoms with E-state index in [1.807, 2.05) is 0 Å². The Bertz CT molecular complexity index is 1340. The van der Waals surface area contributed by atoms with Crippen LogP contribution < -0.4 is 10.6 Å². The molecule has 4 fully saturated rings. The molecule has 6 rings (SSSR count). The predicted octanol–water partition coefficient (Wildman–Crippen LogP) is 5.81. The van der Waals surface area contributed by atoms with Gasteiger partial charge in [0, 0.05) is 50.5 Å². The van der Waals surface area contributed by atoms with Crippen molar-refractivity contribution in [3.63, 3.8) is 0 Å². The molecule has 4 aliphatic rings. The SMILES string of the molecule is O=CC(CN[C@@H](c1ccn2cc([C@@H](NC(=O)C3CC3C(F)(F)F)C3CCC(F)(F)CC3)nc2n1)C1CC1)C1CC(F)(F)C1. The maximum absolute atomic E-state index is 13.9. The summed E-state index contributed by atoms with van der Waals surface area (Å²) in [5.41, 5.74) is 0.972. The van der Waals surface area contributed by atoms with Gasteiger partial charge < -0.3 is 15.4 Å². The molecule has 2 aromatic heterocycles. The molecule has 14 heteroatoms. The van der Waals surface area contributed by atoms with Crippen molar-refractivity contribution in [2.45, 2.75) is 87.9 Å². The van der Waals surface area contributed by atoms with Crippen LogP contribution in [0.5, 0.6) is 0 Å². The normalized spacial score (nSPS) is 27.7. The van der Waals surface area contributed by atoms with E-state index < -0.39 is 53.6 Å². The molecule has 5 atom stereocenters. The Morgan fingerprint density at radius 3 is 2.21 bits per heavy atom. The molecule has 0 saturated heterocycles. The van der Waals surface area contributed by atoms with Crippen LogP contribution in [0.3, 0.4) is 0 Å². The number of rotatable bonds is 11. The van der Waals surface area contributed by atoms with Gasteiger partial charge in [0.2, 0.25) is 23.5 Å². The van der Waals surface area contributed by atoms with Crippen molar-refractivity contribution in [2.75, 3.05) is 6.54 Å². The molecule has 236 valence electrons. The summed E-state index contributed by atoms with van der Waals surface area (Å²) in [7, 11) is 0. The van der Waals surface area contributed by atoms with Crippen LogP contribution in [0, 0.1) is 35.5 Å². The zero-order valence-electron chi connectivity index (χ0n) is 23.3.